The zero-order chi connectivity index (χ0) is 15.2. The number of hydrogen-bond donors (Lipinski definition) is 1. The van der Waals surface area contributed by atoms with Crippen molar-refractivity contribution in [2.45, 2.75) is 32.4 Å². The number of hydrogen-bond acceptors (Lipinski definition) is 4. The van der Waals surface area contributed by atoms with Crippen LogP contribution in [0.25, 0.3) is 0 Å². The van der Waals surface area contributed by atoms with Gasteiger partial charge in [-0.25, -0.2) is 0 Å². The molecule has 0 aliphatic rings. The predicted molar refractivity (Wildman–Crippen MR) is 91.3 cm³/mol. The summed E-state index contributed by atoms with van der Waals surface area (Å²) in [6, 6.07) is 10.2. The summed E-state index contributed by atoms with van der Waals surface area (Å²) in [7, 11) is 1.66. The van der Waals surface area contributed by atoms with E-state index >= 15 is 0 Å². The monoisotopic (exact) mass is 369 g/mol. The molecular formula is C16H20BrNO2S. The molecule has 0 aliphatic heterocycles. The Hall–Kier alpha value is -1.04. The Morgan fingerprint density at radius 1 is 1.29 bits per heavy atom. The Kier molecular flexibility index (Phi) is 6.08. The minimum atomic E-state index is 0.135. The van der Waals surface area contributed by atoms with Crippen LogP contribution in [0.15, 0.2) is 34.1 Å². The van der Waals surface area contributed by atoms with Crippen LogP contribution in [0.4, 0.5) is 0 Å². The van der Waals surface area contributed by atoms with Gasteiger partial charge < -0.3 is 15.2 Å². The van der Waals surface area contributed by atoms with Crippen molar-refractivity contribution in [1.82, 2.24) is 0 Å². The average Bonchev–Trinajstić information content (AvgIpc) is 2.91. The van der Waals surface area contributed by atoms with Crippen LogP contribution in [-0.4, -0.2) is 13.2 Å². The number of ether oxygens (including phenoxy) is 2. The van der Waals surface area contributed by atoms with E-state index in [1.54, 1.807) is 18.4 Å². The first-order valence-electron chi connectivity index (χ1n) is 6.92. The predicted octanol–water partition coefficient (Wildman–Crippen LogP) is 4.38. The van der Waals surface area contributed by atoms with Gasteiger partial charge in [0.2, 0.25) is 0 Å². The lowest BCUT2D eigenvalue weighted by molar-refractivity contribution is 0.283. The van der Waals surface area contributed by atoms with Gasteiger partial charge in [0.25, 0.3) is 0 Å². The van der Waals surface area contributed by atoms with Crippen molar-refractivity contribution in [2.24, 2.45) is 5.73 Å². The van der Waals surface area contributed by atoms with Crippen LogP contribution in [0, 0.1) is 0 Å². The first-order valence-corrected chi connectivity index (χ1v) is 8.53. The highest BCUT2D eigenvalue weighted by Crippen LogP contribution is 2.33. The molecule has 0 saturated carbocycles. The number of para-hydroxylation sites is 1. The first kappa shape index (κ1) is 16.3. The summed E-state index contributed by atoms with van der Waals surface area (Å²) < 4.78 is 12.5. The summed E-state index contributed by atoms with van der Waals surface area (Å²) in [5.74, 6) is 1.56. The molecule has 1 aromatic heterocycles. The second-order valence-corrected chi connectivity index (χ2v) is 7.36. The van der Waals surface area contributed by atoms with E-state index in [1.165, 1.54) is 4.88 Å². The van der Waals surface area contributed by atoms with Crippen LogP contribution >= 0.6 is 27.3 Å². The number of thiophene rings is 1. The minimum Gasteiger partial charge on any atom is -0.493 e. The van der Waals surface area contributed by atoms with Gasteiger partial charge >= 0.3 is 0 Å². The van der Waals surface area contributed by atoms with E-state index in [2.05, 4.69) is 35.0 Å². The number of benzene rings is 1. The van der Waals surface area contributed by atoms with Crippen molar-refractivity contribution in [3.8, 4) is 11.5 Å². The van der Waals surface area contributed by atoms with Crippen molar-refractivity contribution in [3.63, 3.8) is 0 Å². The molecule has 3 nitrogen and oxygen atoms in total. The van der Waals surface area contributed by atoms with E-state index in [1.807, 2.05) is 18.2 Å². The molecule has 114 valence electrons. The van der Waals surface area contributed by atoms with E-state index in [0.29, 0.717) is 6.61 Å². The molecule has 2 aromatic rings. The Bertz CT molecular complexity index is 585. The van der Waals surface area contributed by atoms with Gasteiger partial charge in [-0.2, -0.15) is 0 Å². The second-order valence-electron chi connectivity index (χ2n) is 4.82. The summed E-state index contributed by atoms with van der Waals surface area (Å²) in [6.07, 6.45) is 1.73. The van der Waals surface area contributed by atoms with Gasteiger partial charge in [-0.15, -0.1) is 11.3 Å². The van der Waals surface area contributed by atoms with Crippen molar-refractivity contribution >= 4 is 27.3 Å². The Balaban J connectivity index is 2.18. The fraction of sp³-hybridized carbons (Fsp3) is 0.375. The standard InChI is InChI=1S/C16H20BrNO2S/c1-3-12(18)9-11-5-4-6-14(19-2)16(11)20-10-13-7-8-15(17)21-13/h4-8,12H,3,9-10,18H2,1-2H3. The third-order valence-electron chi connectivity index (χ3n) is 3.27. The van der Waals surface area contributed by atoms with Crippen molar-refractivity contribution in [1.29, 1.82) is 0 Å². The van der Waals surface area contributed by atoms with Crippen LogP contribution < -0.4 is 15.2 Å². The van der Waals surface area contributed by atoms with E-state index in [0.717, 1.165) is 33.7 Å². The number of rotatable bonds is 7. The lowest BCUT2D eigenvalue weighted by Crippen LogP contribution is -2.21. The van der Waals surface area contributed by atoms with E-state index in [9.17, 15) is 0 Å². The topological polar surface area (TPSA) is 44.5 Å². The van der Waals surface area contributed by atoms with Gasteiger partial charge in [0.1, 0.15) is 6.61 Å². The van der Waals surface area contributed by atoms with Gasteiger partial charge in [0.05, 0.1) is 10.9 Å². The molecule has 2 rings (SSSR count). The van der Waals surface area contributed by atoms with E-state index in [-0.39, 0.29) is 6.04 Å². The smallest absolute Gasteiger partial charge is 0.164 e. The maximum atomic E-state index is 6.08. The first-order chi connectivity index (χ1) is 10.1. The van der Waals surface area contributed by atoms with Gasteiger partial charge in [-0.05, 0) is 52.5 Å². The van der Waals surface area contributed by atoms with Crippen LogP contribution in [0.1, 0.15) is 23.8 Å². The molecular weight excluding hydrogens is 350 g/mol. The average molecular weight is 370 g/mol. The molecule has 1 atom stereocenters. The summed E-state index contributed by atoms with van der Waals surface area (Å²) in [5, 5.41) is 0. The van der Waals surface area contributed by atoms with Crippen LogP contribution in [0.2, 0.25) is 0 Å². The molecule has 0 bridgehead atoms. The Labute approximate surface area is 138 Å². The van der Waals surface area contributed by atoms with Crippen molar-refractivity contribution < 1.29 is 9.47 Å². The van der Waals surface area contributed by atoms with Gasteiger partial charge in [-0.3, -0.25) is 0 Å². The molecule has 21 heavy (non-hydrogen) atoms. The van der Waals surface area contributed by atoms with Crippen molar-refractivity contribution in [3.05, 3.63) is 44.6 Å². The molecule has 0 radical (unpaired) electrons. The van der Waals surface area contributed by atoms with Crippen molar-refractivity contribution in [2.75, 3.05) is 7.11 Å². The highest BCUT2D eigenvalue weighted by atomic mass is 79.9. The summed E-state index contributed by atoms with van der Waals surface area (Å²) in [5.41, 5.74) is 7.17. The largest absolute Gasteiger partial charge is 0.493 e. The van der Waals surface area contributed by atoms with Crippen LogP contribution in [0.5, 0.6) is 11.5 Å². The fourth-order valence-corrected chi connectivity index (χ4v) is 3.44. The molecule has 0 aliphatic carbocycles. The molecule has 1 unspecified atom stereocenters. The summed E-state index contributed by atoms with van der Waals surface area (Å²) >= 11 is 5.14. The molecule has 2 N–H and O–H groups in total. The Morgan fingerprint density at radius 3 is 2.71 bits per heavy atom. The lowest BCUT2D eigenvalue weighted by Gasteiger charge is -2.16. The zero-order valence-corrected chi connectivity index (χ0v) is 14.7. The number of methoxy groups -OCH3 is 1. The molecule has 0 saturated heterocycles. The van der Waals surface area contributed by atoms with E-state index in [4.69, 9.17) is 15.2 Å². The molecule has 0 fully saturated rings. The zero-order valence-electron chi connectivity index (χ0n) is 12.3. The van der Waals surface area contributed by atoms with Gasteiger partial charge in [0, 0.05) is 10.9 Å². The molecule has 1 aromatic carbocycles. The highest BCUT2D eigenvalue weighted by Gasteiger charge is 2.13. The third kappa shape index (κ3) is 4.46. The maximum Gasteiger partial charge on any atom is 0.164 e. The maximum absolute atomic E-state index is 6.08. The number of halogens is 1. The molecule has 0 amide bonds. The lowest BCUT2D eigenvalue weighted by atomic mass is 10.0. The Morgan fingerprint density at radius 2 is 2.10 bits per heavy atom. The van der Waals surface area contributed by atoms with Crippen LogP contribution in [0.3, 0.4) is 0 Å². The van der Waals surface area contributed by atoms with Crippen LogP contribution in [-0.2, 0) is 13.0 Å². The highest BCUT2D eigenvalue weighted by molar-refractivity contribution is 9.11. The minimum absolute atomic E-state index is 0.135. The fourth-order valence-electron chi connectivity index (χ4n) is 2.05. The van der Waals surface area contributed by atoms with E-state index < -0.39 is 0 Å². The normalized spacial score (nSPS) is 12.2. The van der Waals surface area contributed by atoms with Gasteiger partial charge in [-0.1, -0.05) is 19.1 Å². The third-order valence-corrected chi connectivity index (χ3v) is 4.87. The SMILES string of the molecule is CCC(N)Cc1cccc(OC)c1OCc1ccc(Br)s1. The molecule has 5 heteroatoms. The molecule has 1 heterocycles. The second kappa shape index (κ2) is 7.82. The summed E-state index contributed by atoms with van der Waals surface area (Å²) in [4.78, 5) is 1.17. The van der Waals surface area contributed by atoms with Gasteiger partial charge in [0.15, 0.2) is 11.5 Å². The molecule has 0 spiro atoms. The number of nitrogens with two attached hydrogens (primary N) is 1. The quantitative estimate of drug-likeness (QED) is 0.787. The summed E-state index contributed by atoms with van der Waals surface area (Å²) in [6.45, 7) is 2.62.